The highest BCUT2D eigenvalue weighted by Gasteiger charge is 2.18. The highest BCUT2D eigenvalue weighted by atomic mass is 35.5. The Morgan fingerprint density at radius 3 is 2.85 bits per heavy atom. The van der Waals surface area contributed by atoms with Gasteiger partial charge in [0.15, 0.2) is 0 Å². The van der Waals surface area contributed by atoms with E-state index in [1.165, 1.54) is 24.1 Å². The molecule has 3 heteroatoms. The molecule has 1 aliphatic heterocycles. The minimum Gasteiger partial charge on any atom is -0.370 e. The minimum absolute atomic E-state index is 0.680. The molecule has 1 saturated heterocycles. The molecule has 2 nitrogen and oxygen atoms in total. The molecule has 20 heavy (non-hydrogen) atoms. The summed E-state index contributed by atoms with van der Waals surface area (Å²) in [5.41, 5.74) is 2.47. The molecule has 0 amide bonds. The van der Waals surface area contributed by atoms with Gasteiger partial charge >= 0.3 is 0 Å². The number of benzene rings is 1. The Balaban J connectivity index is 1.98. The maximum Gasteiger partial charge on any atom is 0.0642 e. The molecule has 0 aliphatic carbocycles. The van der Waals surface area contributed by atoms with Crippen molar-refractivity contribution in [3.63, 3.8) is 0 Å². The SMILES string of the molecule is CC(C)CNCc1ccc(N2CCCC(C)C2)c(Cl)c1. The van der Waals surface area contributed by atoms with E-state index < -0.39 is 0 Å². The summed E-state index contributed by atoms with van der Waals surface area (Å²) in [4.78, 5) is 2.43. The van der Waals surface area contributed by atoms with Crippen molar-refractivity contribution >= 4 is 17.3 Å². The Kier molecular flexibility index (Phi) is 5.74. The van der Waals surface area contributed by atoms with Gasteiger partial charge in [0.1, 0.15) is 0 Å². The first-order valence-electron chi connectivity index (χ1n) is 7.80. The predicted octanol–water partition coefficient (Wildman–Crippen LogP) is 4.32. The zero-order valence-electron chi connectivity index (χ0n) is 13.0. The average Bonchev–Trinajstić information content (AvgIpc) is 2.38. The molecule has 2 rings (SSSR count). The van der Waals surface area contributed by atoms with Crippen LogP contribution in [0.2, 0.25) is 5.02 Å². The molecule has 1 aromatic rings. The number of nitrogens with zero attached hydrogens (tertiary/aromatic N) is 1. The number of piperidine rings is 1. The van der Waals surface area contributed by atoms with Gasteiger partial charge in [0.25, 0.3) is 0 Å². The number of nitrogens with one attached hydrogen (secondary N) is 1. The number of halogens is 1. The van der Waals surface area contributed by atoms with Crippen molar-refractivity contribution in [1.29, 1.82) is 0 Å². The zero-order chi connectivity index (χ0) is 14.5. The monoisotopic (exact) mass is 294 g/mol. The van der Waals surface area contributed by atoms with Crippen LogP contribution in [-0.4, -0.2) is 19.6 Å². The first kappa shape index (κ1) is 15.7. The van der Waals surface area contributed by atoms with Gasteiger partial charge in [-0.3, -0.25) is 0 Å². The second kappa shape index (κ2) is 7.33. The van der Waals surface area contributed by atoms with Gasteiger partial charge in [-0.1, -0.05) is 38.4 Å². The first-order chi connectivity index (χ1) is 9.56. The summed E-state index contributed by atoms with van der Waals surface area (Å²) in [6.07, 6.45) is 2.61. The highest BCUT2D eigenvalue weighted by molar-refractivity contribution is 6.33. The second-order valence-electron chi connectivity index (χ2n) is 6.50. The van der Waals surface area contributed by atoms with Crippen LogP contribution >= 0.6 is 11.6 Å². The lowest BCUT2D eigenvalue weighted by molar-refractivity contribution is 0.447. The third-order valence-electron chi connectivity index (χ3n) is 3.89. The maximum absolute atomic E-state index is 6.48. The van der Waals surface area contributed by atoms with Crippen LogP contribution in [0.4, 0.5) is 5.69 Å². The second-order valence-corrected chi connectivity index (χ2v) is 6.91. The van der Waals surface area contributed by atoms with Crippen molar-refractivity contribution in [3.8, 4) is 0 Å². The van der Waals surface area contributed by atoms with Crippen LogP contribution in [-0.2, 0) is 6.54 Å². The summed E-state index contributed by atoms with van der Waals surface area (Å²) in [6.45, 7) is 11.0. The molecule has 1 aromatic carbocycles. The molecule has 0 bridgehead atoms. The van der Waals surface area contributed by atoms with Gasteiger partial charge in [-0.15, -0.1) is 0 Å². The Morgan fingerprint density at radius 2 is 2.20 bits per heavy atom. The Hall–Kier alpha value is -0.730. The van der Waals surface area contributed by atoms with Gasteiger partial charge in [0.05, 0.1) is 10.7 Å². The fourth-order valence-electron chi connectivity index (χ4n) is 2.83. The summed E-state index contributed by atoms with van der Waals surface area (Å²) in [6, 6.07) is 6.50. The van der Waals surface area contributed by atoms with Crippen LogP contribution < -0.4 is 10.2 Å². The van der Waals surface area contributed by atoms with E-state index in [1.807, 2.05) is 0 Å². The standard InChI is InChI=1S/C17H27ClN2/c1-13(2)10-19-11-15-6-7-17(16(18)9-15)20-8-4-5-14(3)12-20/h6-7,9,13-14,19H,4-5,8,10-12H2,1-3H3. The number of rotatable bonds is 5. The summed E-state index contributed by atoms with van der Waals surface area (Å²) in [7, 11) is 0. The quantitative estimate of drug-likeness (QED) is 0.870. The number of hydrogen-bond donors (Lipinski definition) is 1. The van der Waals surface area contributed by atoms with E-state index in [4.69, 9.17) is 11.6 Å². The van der Waals surface area contributed by atoms with Gasteiger partial charge in [0.2, 0.25) is 0 Å². The molecular formula is C17H27ClN2. The van der Waals surface area contributed by atoms with E-state index in [-0.39, 0.29) is 0 Å². The normalized spacial score (nSPS) is 19.6. The lowest BCUT2D eigenvalue weighted by atomic mass is 9.99. The van der Waals surface area contributed by atoms with Gasteiger partial charge < -0.3 is 10.2 Å². The van der Waals surface area contributed by atoms with Crippen molar-refractivity contribution in [2.24, 2.45) is 11.8 Å². The molecule has 1 unspecified atom stereocenters. The van der Waals surface area contributed by atoms with E-state index in [9.17, 15) is 0 Å². The van der Waals surface area contributed by atoms with Crippen molar-refractivity contribution < 1.29 is 0 Å². The van der Waals surface area contributed by atoms with Crippen LogP contribution in [0.15, 0.2) is 18.2 Å². The third-order valence-corrected chi connectivity index (χ3v) is 4.19. The van der Waals surface area contributed by atoms with Crippen molar-refractivity contribution in [3.05, 3.63) is 28.8 Å². The Labute approximate surface area is 128 Å². The van der Waals surface area contributed by atoms with Crippen LogP contribution in [0.1, 0.15) is 39.2 Å². The molecule has 1 heterocycles. The fourth-order valence-corrected chi connectivity index (χ4v) is 3.15. The molecule has 1 fully saturated rings. The van der Waals surface area contributed by atoms with Crippen LogP contribution in [0.25, 0.3) is 0 Å². The topological polar surface area (TPSA) is 15.3 Å². The van der Waals surface area contributed by atoms with Gasteiger partial charge in [0, 0.05) is 19.6 Å². The number of anilines is 1. The molecule has 112 valence electrons. The summed E-state index contributed by atoms with van der Waals surface area (Å²) in [5, 5.41) is 4.35. The third kappa shape index (κ3) is 4.39. The van der Waals surface area contributed by atoms with Gasteiger partial charge in [-0.2, -0.15) is 0 Å². The van der Waals surface area contributed by atoms with E-state index >= 15 is 0 Å². The van der Waals surface area contributed by atoms with Gasteiger partial charge in [-0.05, 0) is 48.9 Å². The number of hydrogen-bond acceptors (Lipinski definition) is 2. The predicted molar refractivity (Wildman–Crippen MR) is 88.6 cm³/mol. The van der Waals surface area contributed by atoms with Crippen LogP contribution in [0.3, 0.4) is 0 Å². The molecule has 1 aliphatic rings. The highest BCUT2D eigenvalue weighted by Crippen LogP contribution is 2.30. The molecule has 1 atom stereocenters. The molecule has 0 spiro atoms. The molecule has 1 N–H and O–H groups in total. The van der Waals surface area contributed by atoms with E-state index in [0.717, 1.165) is 37.1 Å². The zero-order valence-corrected chi connectivity index (χ0v) is 13.7. The first-order valence-corrected chi connectivity index (χ1v) is 8.18. The van der Waals surface area contributed by atoms with E-state index in [0.29, 0.717) is 5.92 Å². The van der Waals surface area contributed by atoms with Crippen LogP contribution in [0.5, 0.6) is 0 Å². The van der Waals surface area contributed by atoms with Crippen LogP contribution in [0, 0.1) is 11.8 Å². The molecule has 0 aromatic heterocycles. The largest absolute Gasteiger partial charge is 0.370 e. The van der Waals surface area contributed by atoms with E-state index in [1.54, 1.807) is 0 Å². The Morgan fingerprint density at radius 1 is 1.40 bits per heavy atom. The van der Waals surface area contributed by atoms with Gasteiger partial charge in [-0.25, -0.2) is 0 Å². The smallest absolute Gasteiger partial charge is 0.0642 e. The summed E-state index contributed by atoms with van der Waals surface area (Å²) in [5.74, 6) is 1.45. The van der Waals surface area contributed by atoms with Crippen molar-refractivity contribution in [1.82, 2.24) is 5.32 Å². The lowest BCUT2D eigenvalue weighted by Crippen LogP contribution is -2.34. The minimum atomic E-state index is 0.680. The Bertz CT molecular complexity index is 431. The summed E-state index contributed by atoms with van der Waals surface area (Å²) < 4.78 is 0. The molecule has 0 radical (unpaired) electrons. The fraction of sp³-hybridized carbons (Fsp3) is 0.647. The maximum atomic E-state index is 6.48. The van der Waals surface area contributed by atoms with Crippen molar-refractivity contribution in [2.45, 2.75) is 40.2 Å². The summed E-state index contributed by atoms with van der Waals surface area (Å²) >= 11 is 6.48. The average molecular weight is 295 g/mol. The van der Waals surface area contributed by atoms with Crippen molar-refractivity contribution in [2.75, 3.05) is 24.5 Å². The lowest BCUT2D eigenvalue weighted by Gasteiger charge is -2.33. The molecule has 0 saturated carbocycles. The molecular weight excluding hydrogens is 268 g/mol. The van der Waals surface area contributed by atoms with E-state index in [2.05, 4.69) is 49.2 Å².